The molecule has 22 heavy (non-hydrogen) atoms. The summed E-state index contributed by atoms with van der Waals surface area (Å²) < 4.78 is 0. The lowest BCUT2D eigenvalue weighted by molar-refractivity contribution is 0.181. The van der Waals surface area contributed by atoms with Gasteiger partial charge in [-0.05, 0) is 72.4 Å². The molecule has 0 aliphatic carbocycles. The zero-order chi connectivity index (χ0) is 15.7. The van der Waals surface area contributed by atoms with Gasteiger partial charge in [-0.2, -0.15) is 0 Å². The molecule has 1 aliphatic heterocycles. The molecule has 1 unspecified atom stereocenters. The van der Waals surface area contributed by atoms with Crippen molar-refractivity contribution in [2.75, 3.05) is 32.7 Å². The van der Waals surface area contributed by atoms with Crippen LogP contribution in [-0.4, -0.2) is 49.1 Å². The van der Waals surface area contributed by atoms with Gasteiger partial charge in [-0.1, -0.05) is 6.92 Å². The molecule has 4 nitrogen and oxygen atoms in total. The quantitative estimate of drug-likeness (QED) is 0.297. The van der Waals surface area contributed by atoms with Gasteiger partial charge in [0.15, 0.2) is 5.96 Å². The van der Waals surface area contributed by atoms with Gasteiger partial charge in [-0.15, -0.1) is 24.0 Å². The highest BCUT2D eigenvalue weighted by Gasteiger charge is 2.15. The Hall–Kier alpha value is -0.0400. The van der Waals surface area contributed by atoms with Gasteiger partial charge >= 0.3 is 0 Å². The molecule has 0 amide bonds. The van der Waals surface area contributed by atoms with E-state index >= 15 is 0 Å². The molecule has 0 aromatic carbocycles. The predicted octanol–water partition coefficient (Wildman–Crippen LogP) is 3.47. The molecule has 132 valence electrons. The zero-order valence-corrected chi connectivity index (χ0v) is 17.6. The molecule has 0 spiro atoms. The largest absolute Gasteiger partial charge is 0.357 e. The maximum absolute atomic E-state index is 4.67. The van der Waals surface area contributed by atoms with E-state index in [4.69, 9.17) is 0 Å². The van der Waals surface area contributed by atoms with Crippen molar-refractivity contribution in [3.63, 3.8) is 0 Å². The molecule has 0 aromatic rings. The minimum absolute atomic E-state index is 0. The summed E-state index contributed by atoms with van der Waals surface area (Å²) >= 11 is 0. The van der Waals surface area contributed by atoms with Crippen LogP contribution in [0.2, 0.25) is 0 Å². The van der Waals surface area contributed by atoms with Gasteiger partial charge in [0.2, 0.25) is 0 Å². The highest BCUT2D eigenvalue weighted by Crippen LogP contribution is 2.15. The Bertz CT molecular complexity index is 312. The van der Waals surface area contributed by atoms with Crippen molar-refractivity contribution in [2.45, 2.75) is 65.8 Å². The minimum Gasteiger partial charge on any atom is -0.357 e. The van der Waals surface area contributed by atoms with E-state index in [1.807, 2.05) is 0 Å². The first kappa shape index (κ1) is 22.0. The van der Waals surface area contributed by atoms with Crippen molar-refractivity contribution in [3.8, 4) is 0 Å². The van der Waals surface area contributed by atoms with E-state index in [0.717, 1.165) is 25.0 Å². The lowest BCUT2D eigenvalue weighted by Crippen LogP contribution is -2.47. The molecule has 1 saturated heterocycles. The average molecular weight is 424 g/mol. The summed E-state index contributed by atoms with van der Waals surface area (Å²) in [4.78, 5) is 7.29. The second-order valence-electron chi connectivity index (χ2n) is 7.39. The van der Waals surface area contributed by atoms with Gasteiger partial charge in [-0.3, -0.25) is 4.99 Å². The number of piperidine rings is 1. The summed E-state index contributed by atoms with van der Waals surface area (Å²) in [5.74, 6) is 1.82. The Kier molecular flexibility index (Phi) is 11.5. The third-order valence-electron chi connectivity index (χ3n) is 3.73. The van der Waals surface area contributed by atoms with Crippen molar-refractivity contribution in [2.24, 2.45) is 10.9 Å². The number of unbranched alkanes of at least 4 members (excludes halogenated alkanes) is 1. The Morgan fingerprint density at radius 2 is 2.00 bits per heavy atom. The van der Waals surface area contributed by atoms with E-state index in [9.17, 15) is 0 Å². The molecule has 1 atom stereocenters. The Labute approximate surface area is 154 Å². The van der Waals surface area contributed by atoms with Crippen LogP contribution in [-0.2, 0) is 0 Å². The van der Waals surface area contributed by atoms with Crippen LogP contribution >= 0.6 is 24.0 Å². The molecule has 2 N–H and O–H groups in total. The lowest BCUT2D eigenvalue weighted by atomic mass is 10.0. The van der Waals surface area contributed by atoms with Gasteiger partial charge in [0.25, 0.3) is 0 Å². The lowest BCUT2D eigenvalue weighted by Gasteiger charge is -2.30. The molecule has 1 fully saturated rings. The van der Waals surface area contributed by atoms with E-state index in [-0.39, 0.29) is 29.5 Å². The Morgan fingerprint density at radius 1 is 1.27 bits per heavy atom. The second kappa shape index (κ2) is 11.5. The van der Waals surface area contributed by atoms with Gasteiger partial charge < -0.3 is 15.5 Å². The molecular formula is C17H37IN4. The minimum atomic E-state index is 0. The summed E-state index contributed by atoms with van der Waals surface area (Å²) in [7, 11) is 0. The van der Waals surface area contributed by atoms with Crippen molar-refractivity contribution in [3.05, 3.63) is 0 Å². The summed E-state index contributed by atoms with van der Waals surface area (Å²) in [6.07, 6.45) is 5.21. The second-order valence-corrected chi connectivity index (χ2v) is 7.39. The summed E-state index contributed by atoms with van der Waals surface area (Å²) in [6, 6.07) is 0. The highest BCUT2D eigenvalue weighted by atomic mass is 127. The number of halogens is 1. The summed E-state index contributed by atoms with van der Waals surface area (Å²) in [5.41, 5.74) is 0.0605. The molecule has 5 heteroatoms. The van der Waals surface area contributed by atoms with Gasteiger partial charge in [0.1, 0.15) is 0 Å². The van der Waals surface area contributed by atoms with Gasteiger partial charge in [-0.25, -0.2) is 0 Å². The number of hydrogen-bond donors (Lipinski definition) is 2. The third kappa shape index (κ3) is 10.6. The van der Waals surface area contributed by atoms with Gasteiger partial charge in [0.05, 0.1) is 0 Å². The van der Waals surface area contributed by atoms with E-state index in [1.54, 1.807) is 0 Å². The Balaban J connectivity index is 0.00000441. The number of likely N-dealkylation sites (tertiary alicyclic amines) is 1. The van der Waals surface area contributed by atoms with Crippen LogP contribution in [0.4, 0.5) is 0 Å². The molecule has 0 radical (unpaired) electrons. The third-order valence-corrected chi connectivity index (χ3v) is 3.73. The van der Waals surface area contributed by atoms with Crippen LogP contribution in [0.15, 0.2) is 4.99 Å². The van der Waals surface area contributed by atoms with Crippen LogP contribution in [0.25, 0.3) is 0 Å². The maximum Gasteiger partial charge on any atom is 0.191 e. The molecule has 1 aliphatic rings. The molecule has 1 rings (SSSR count). The average Bonchev–Trinajstić information content (AvgIpc) is 2.36. The normalized spacial score (nSPS) is 20.4. The number of nitrogens with zero attached hydrogens (tertiary/aromatic N) is 2. The van der Waals surface area contributed by atoms with Gasteiger partial charge in [0, 0.05) is 25.2 Å². The standard InChI is InChI=1S/C17H36N4.HI/c1-6-18-16(20-17(3,4)5)19-11-7-8-12-21-13-9-10-15(2)14-21;/h15H,6-14H2,1-5H3,(H2,18,19,20);1H. The van der Waals surface area contributed by atoms with E-state index < -0.39 is 0 Å². The van der Waals surface area contributed by atoms with E-state index in [2.05, 4.69) is 55.1 Å². The SMILES string of the molecule is CCNC(=NCCCCN1CCCC(C)C1)NC(C)(C)C.I. The number of aliphatic imine (C=N–C) groups is 1. The summed E-state index contributed by atoms with van der Waals surface area (Å²) in [5, 5.41) is 6.75. The number of guanidine groups is 1. The predicted molar refractivity (Wildman–Crippen MR) is 108 cm³/mol. The van der Waals surface area contributed by atoms with Crippen molar-refractivity contribution in [1.29, 1.82) is 0 Å². The summed E-state index contributed by atoms with van der Waals surface area (Å²) in [6.45, 7) is 16.6. The zero-order valence-electron chi connectivity index (χ0n) is 15.2. The van der Waals surface area contributed by atoms with Crippen LogP contribution < -0.4 is 10.6 Å². The maximum atomic E-state index is 4.67. The van der Waals surface area contributed by atoms with Crippen molar-refractivity contribution in [1.82, 2.24) is 15.5 Å². The van der Waals surface area contributed by atoms with Crippen LogP contribution in [0.1, 0.15) is 60.3 Å². The molecular weight excluding hydrogens is 387 g/mol. The monoisotopic (exact) mass is 424 g/mol. The smallest absolute Gasteiger partial charge is 0.191 e. The molecule has 0 bridgehead atoms. The number of nitrogens with one attached hydrogen (secondary N) is 2. The van der Waals surface area contributed by atoms with Crippen LogP contribution in [0.3, 0.4) is 0 Å². The fourth-order valence-electron chi connectivity index (χ4n) is 2.79. The fraction of sp³-hybridized carbons (Fsp3) is 0.941. The fourth-order valence-corrected chi connectivity index (χ4v) is 2.79. The first-order valence-corrected chi connectivity index (χ1v) is 8.69. The van der Waals surface area contributed by atoms with Crippen molar-refractivity contribution >= 4 is 29.9 Å². The van der Waals surface area contributed by atoms with E-state index in [1.165, 1.54) is 45.3 Å². The molecule has 0 aromatic heterocycles. The highest BCUT2D eigenvalue weighted by molar-refractivity contribution is 14.0. The molecule has 0 saturated carbocycles. The number of hydrogen-bond acceptors (Lipinski definition) is 2. The Morgan fingerprint density at radius 3 is 2.59 bits per heavy atom. The van der Waals surface area contributed by atoms with Crippen LogP contribution in [0, 0.1) is 5.92 Å². The number of rotatable bonds is 6. The van der Waals surface area contributed by atoms with E-state index in [0.29, 0.717) is 0 Å². The first-order valence-electron chi connectivity index (χ1n) is 8.69. The topological polar surface area (TPSA) is 39.7 Å². The molecule has 1 heterocycles. The van der Waals surface area contributed by atoms with Crippen LogP contribution in [0.5, 0.6) is 0 Å². The first-order chi connectivity index (χ1) is 9.90. The van der Waals surface area contributed by atoms with Crippen molar-refractivity contribution < 1.29 is 0 Å².